The highest BCUT2D eigenvalue weighted by Gasteiger charge is 2.09. The fourth-order valence-corrected chi connectivity index (χ4v) is 1.86. The van der Waals surface area contributed by atoms with Crippen molar-refractivity contribution in [1.29, 1.82) is 0 Å². The van der Waals surface area contributed by atoms with Gasteiger partial charge in [-0.2, -0.15) is 0 Å². The highest BCUT2D eigenvalue weighted by Crippen LogP contribution is 2.27. The molecule has 0 atom stereocenters. The number of nitrogen functional groups attached to an aromatic ring is 1. The Balaban J connectivity index is 2.23. The van der Waals surface area contributed by atoms with Crippen molar-refractivity contribution in [1.82, 2.24) is 4.98 Å². The molecular formula is C13H12BrN3O2. The van der Waals surface area contributed by atoms with Gasteiger partial charge in [-0.3, -0.25) is 4.79 Å². The summed E-state index contributed by atoms with van der Waals surface area (Å²) in [6, 6.07) is 8.44. The number of nitrogens with zero attached hydrogens (tertiary/aromatic N) is 1. The van der Waals surface area contributed by atoms with Crippen LogP contribution in [-0.2, 0) is 0 Å². The SMILES string of the molecule is COc1ccc(Br)c(NC(=O)c2ccnc(N)c2)c1. The van der Waals surface area contributed by atoms with Gasteiger partial charge >= 0.3 is 0 Å². The number of nitrogens with one attached hydrogen (secondary N) is 1. The van der Waals surface area contributed by atoms with Crippen molar-refractivity contribution in [2.75, 3.05) is 18.2 Å². The van der Waals surface area contributed by atoms with E-state index < -0.39 is 0 Å². The van der Waals surface area contributed by atoms with Gasteiger partial charge in [0.1, 0.15) is 11.6 Å². The van der Waals surface area contributed by atoms with Crippen LogP contribution in [0, 0.1) is 0 Å². The molecule has 0 saturated carbocycles. The minimum absolute atomic E-state index is 0.261. The Morgan fingerprint density at radius 2 is 2.16 bits per heavy atom. The molecule has 1 amide bonds. The van der Waals surface area contributed by atoms with Crippen LogP contribution in [0.4, 0.5) is 11.5 Å². The Kier molecular flexibility index (Phi) is 4.01. The Labute approximate surface area is 118 Å². The number of rotatable bonds is 3. The fourth-order valence-electron chi connectivity index (χ4n) is 1.51. The van der Waals surface area contributed by atoms with Crippen LogP contribution in [0.2, 0.25) is 0 Å². The number of hydrogen-bond donors (Lipinski definition) is 2. The van der Waals surface area contributed by atoms with Crippen molar-refractivity contribution in [2.24, 2.45) is 0 Å². The first-order valence-electron chi connectivity index (χ1n) is 5.46. The number of anilines is 2. The molecule has 98 valence electrons. The van der Waals surface area contributed by atoms with E-state index in [9.17, 15) is 4.79 Å². The Hall–Kier alpha value is -2.08. The van der Waals surface area contributed by atoms with E-state index >= 15 is 0 Å². The van der Waals surface area contributed by atoms with Crippen molar-refractivity contribution >= 4 is 33.3 Å². The third-order valence-electron chi connectivity index (χ3n) is 2.47. The number of amides is 1. The normalized spacial score (nSPS) is 10.0. The summed E-state index contributed by atoms with van der Waals surface area (Å²) in [6.45, 7) is 0. The number of halogens is 1. The molecule has 0 aliphatic rings. The molecule has 0 unspecified atom stereocenters. The van der Waals surface area contributed by atoms with Crippen LogP contribution in [-0.4, -0.2) is 18.0 Å². The Morgan fingerprint density at radius 3 is 2.84 bits per heavy atom. The van der Waals surface area contributed by atoms with Crippen LogP contribution in [0.25, 0.3) is 0 Å². The van der Waals surface area contributed by atoms with E-state index in [0.29, 0.717) is 22.8 Å². The zero-order valence-electron chi connectivity index (χ0n) is 10.2. The maximum atomic E-state index is 12.1. The van der Waals surface area contributed by atoms with E-state index in [1.54, 1.807) is 31.4 Å². The summed E-state index contributed by atoms with van der Waals surface area (Å²) in [5, 5.41) is 2.78. The third kappa shape index (κ3) is 3.23. The van der Waals surface area contributed by atoms with Crippen LogP contribution in [0.3, 0.4) is 0 Å². The zero-order valence-corrected chi connectivity index (χ0v) is 11.8. The molecule has 0 aliphatic heterocycles. The lowest BCUT2D eigenvalue weighted by molar-refractivity contribution is 0.102. The summed E-state index contributed by atoms with van der Waals surface area (Å²) in [6.07, 6.45) is 1.49. The minimum atomic E-state index is -0.261. The fraction of sp³-hybridized carbons (Fsp3) is 0.0769. The first-order chi connectivity index (χ1) is 9.10. The number of carbonyl (C=O) groups excluding carboxylic acids is 1. The maximum absolute atomic E-state index is 12.1. The number of ether oxygens (including phenoxy) is 1. The number of hydrogen-bond acceptors (Lipinski definition) is 4. The first kappa shape index (κ1) is 13.4. The lowest BCUT2D eigenvalue weighted by Crippen LogP contribution is -2.13. The number of aromatic nitrogens is 1. The van der Waals surface area contributed by atoms with Crippen molar-refractivity contribution in [3.63, 3.8) is 0 Å². The molecular weight excluding hydrogens is 310 g/mol. The zero-order chi connectivity index (χ0) is 13.8. The van der Waals surface area contributed by atoms with E-state index in [2.05, 4.69) is 26.2 Å². The third-order valence-corrected chi connectivity index (χ3v) is 3.16. The summed E-state index contributed by atoms with van der Waals surface area (Å²) < 4.78 is 5.88. The summed E-state index contributed by atoms with van der Waals surface area (Å²) >= 11 is 3.37. The summed E-state index contributed by atoms with van der Waals surface area (Å²) in [5.41, 5.74) is 6.62. The molecule has 2 aromatic rings. The molecule has 0 fully saturated rings. The molecule has 5 nitrogen and oxygen atoms in total. The van der Waals surface area contributed by atoms with E-state index in [0.717, 1.165) is 4.47 Å². The van der Waals surface area contributed by atoms with Gasteiger partial charge in [0, 0.05) is 22.3 Å². The first-order valence-corrected chi connectivity index (χ1v) is 6.26. The van der Waals surface area contributed by atoms with Crippen LogP contribution in [0.15, 0.2) is 41.0 Å². The van der Waals surface area contributed by atoms with Crippen molar-refractivity contribution in [3.05, 3.63) is 46.6 Å². The van der Waals surface area contributed by atoms with Gasteiger partial charge in [-0.05, 0) is 40.2 Å². The number of methoxy groups -OCH3 is 1. The smallest absolute Gasteiger partial charge is 0.255 e. The molecule has 0 saturated heterocycles. The summed E-state index contributed by atoms with van der Waals surface area (Å²) in [7, 11) is 1.57. The molecule has 0 aliphatic carbocycles. The quantitative estimate of drug-likeness (QED) is 0.911. The largest absolute Gasteiger partial charge is 0.497 e. The van der Waals surface area contributed by atoms with Gasteiger partial charge in [0.25, 0.3) is 5.91 Å². The molecule has 19 heavy (non-hydrogen) atoms. The molecule has 3 N–H and O–H groups in total. The van der Waals surface area contributed by atoms with Crippen LogP contribution >= 0.6 is 15.9 Å². The molecule has 1 aromatic carbocycles. The van der Waals surface area contributed by atoms with Gasteiger partial charge in [0.05, 0.1) is 12.8 Å². The van der Waals surface area contributed by atoms with E-state index in [1.165, 1.54) is 12.3 Å². The van der Waals surface area contributed by atoms with Crippen molar-refractivity contribution < 1.29 is 9.53 Å². The van der Waals surface area contributed by atoms with Crippen LogP contribution in [0.5, 0.6) is 5.75 Å². The van der Waals surface area contributed by atoms with Crippen LogP contribution < -0.4 is 15.8 Å². The Bertz CT molecular complexity index is 617. The molecule has 0 radical (unpaired) electrons. The van der Waals surface area contributed by atoms with E-state index in [4.69, 9.17) is 10.5 Å². The standard InChI is InChI=1S/C13H12BrN3O2/c1-19-9-2-3-10(14)11(7-9)17-13(18)8-4-5-16-12(15)6-8/h2-7H,1H3,(H2,15,16)(H,17,18). The monoisotopic (exact) mass is 321 g/mol. The van der Waals surface area contributed by atoms with Crippen molar-refractivity contribution in [2.45, 2.75) is 0 Å². The maximum Gasteiger partial charge on any atom is 0.255 e. The number of carbonyl (C=O) groups is 1. The van der Waals surface area contributed by atoms with Gasteiger partial charge in [-0.15, -0.1) is 0 Å². The average Bonchev–Trinajstić information content (AvgIpc) is 2.41. The van der Waals surface area contributed by atoms with Gasteiger partial charge in [0.15, 0.2) is 0 Å². The highest BCUT2D eigenvalue weighted by molar-refractivity contribution is 9.10. The van der Waals surface area contributed by atoms with Gasteiger partial charge in [0.2, 0.25) is 0 Å². The predicted octanol–water partition coefficient (Wildman–Crippen LogP) is 2.69. The average molecular weight is 322 g/mol. The number of pyridine rings is 1. The lowest BCUT2D eigenvalue weighted by Gasteiger charge is -2.09. The molecule has 1 aromatic heterocycles. The molecule has 6 heteroatoms. The lowest BCUT2D eigenvalue weighted by atomic mass is 10.2. The summed E-state index contributed by atoms with van der Waals surface area (Å²) in [5.74, 6) is 0.702. The van der Waals surface area contributed by atoms with Gasteiger partial charge in [-0.25, -0.2) is 4.98 Å². The van der Waals surface area contributed by atoms with E-state index in [-0.39, 0.29) is 5.91 Å². The van der Waals surface area contributed by atoms with Gasteiger partial charge in [-0.1, -0.05) is 0 Å². The van der Waals surface area contributed by atoms with Gasteiger partial charge < -0.3 is 15.8 Å². The second-order valence-electron chi connectivity index (χ2n) is 3.77. The minimum Gasteiger partial charge on any atom is -0.497 e. The molecule has 2 rings (SSSR count). The number of benzene rings is 1. The predicted molar refractivity (Wildman–Crippen MR) is 77.3 cm³/mol. The number of nitrogens with two attached hydrogens (primary N) is 1. The topological polar surface area (TPSA) is 77.2 Å². The van der Waals surface area contributed by atoms with Crippen LogP contribution in [0.1, 0.15) is 10.4 Å². The Morgan fingerprint density at radius 1 is 1.37 bits per heavy atom. The molecule has 0 bridgehead atoms. The van der Waals surface area contributed by atoms with Crippen molar-refractivity contribution in [3.8, 4) is 5.75 Å². The summed E-state index contributed by atoms with van der Waals surface area (Å²) in [4.78, 5) is 15.9. The molecule has 0 spiro atoms. The second-order valence-corrected chi connectivity index (χ2v) is 4.62. The molecule has 1 heterocycles. The highest BCUT2D eigenvalue weighted by atomic mass is 79.9. The van der Waals surface area contributed by atoms with E-state index in [1.807, 2.05) is 0 Å². The second kappa shape index (κ2) is 5.71.